The predicted molar refractivity (Wildman–Crippen MR) is 96.1 cm³/mol. The summed E-state index contributed by atoms with van der Waals surface area (Å²) in [6, 6.07) is 10.6. The monoisotopic (exact) mass is 358 g/mol. The van der Waals surface area contributed by atoms with E-state index in [1.807, 2.05) is 18.2 Å². The van der Waals surface area contributed by atoms with Gasteiger partial charge in [0.25, 0.3) is 0 Å². The Morgan fingerprint density at radius 1 is 1.00 bits per heavy atom. The van der Waals surface area contributed by atoms with E-state index in [4.69, 9.17) is 4.74 Å². The van der Waals surface area contributed by atoms with Crippen molar-refractivity contribution < 1.29 is 13.2 Å². The van der Waals surface area contributed by atoms with Crippen LogP contribution in [0.3, 0.4) is 0 Å². The molecule has 0 aliphatic rings. The molecule has 0 aromatic heterocycles. The molecule has 0 saturated heterocycles. The zero-order chi connectivity index (χ0) is 16.0. The summed E-state index contributed by atoms with van der Waals surface area (Å²) in [5, 5.41) is 4.62. The standard InChI is InChI=1S/C16H22N2O3S.ClH/c1-3-10-17-11-12-18-22(19,20)16-9-8-15(21-2)13-6-4-5-7-14(13)16;/h4-9,17-18H,3,10-12H2,1-2H3;1H. The Morgan fingerprint density at radius 2 is 1.70 bits per heavy atom. The first-order valence-corrected chi connectivity index (χ1v) is 8.84. The highest BCUT2D eigenvalue weighted by Crippen LogP contribution is 2.30. The van der Waals surface area contributed by atoms with Crippen molar-refractivity contribution in [3.63, 3.8) is 0 Å². The zero-order valence-corrected chi connectivity index (χ0v) is 15.0. The lowest BCUT2D eigenvalue weighted by Crippen LogP contribution is -2.32. The first-order valence-electron chi connectivity index (χ1n) is 7.36. The third-order valence-corrected chi connectivity index (χ3v) is 4.89. The van der Waals surface area contributed by atoms with Crippen molar-refractivity contribution in [2.45, 2.75) is 18.2 Å². The molecule has 0 atom stereocenters. The normalized spacial score (nSPS) is 11.2. The smallest absolute Gasteiger partial charge is 0.241 e. The van der Waals surface area contributed by atoms with Crippen LogP contribution in [0.4, 0.5) is 0 Å². The van der Waals surface area contributed by atoms with Gasteiger partial charge in [-0.1, -0.05) is 31.2 Å². The fourth-order valence-corrected chi connectivity index (χ4v) is 3.55. The first kappa shape index (κ1) is 19.7. The number of ether oxygens (including phenoxy) is 1. The van der Waals surface area contributed by atoms with E-state index in [1.54, 1.807) is 25.3 Å². The molecule has 0 amide bonds. The van der Waals surface area contributed by atoms with E-state index in [9.17, 15) is 8.42 Å². The molecule has 128 valence electrons. The molecule has 7 heteroatoms. The molecule has 23 heavy (non-hydrogen) atoms. The van der Waals surface area contributed by atoms with Gasteiger partial charge in [-0.25, -0.2) is 13.1 Å². The fourth-order valence-electron chi connectivity index (χ4n) is 2.31. The first-order chi connectivity index (χ1) is 10.6. The molecule has 2 aromatic carbocycles. The van der Waals surface area contributed by atoms with Crippen molar-refractivity contribution >= 4 is 33.2 Å². The van der Waals surface area contributed by atoms with Crippen molar-refractivity contribution in [1.29, 1.82) is 0 Å². The van der Waals surface area contributed by atoms with Crippen molar-refractivity contribution in [2.75, 3.05) is 26.7 Å². The van der Waals surface area contributed by atoms with E-state index in [0.29, 0.717) is 24.2 Å². The van der Waals surface area contributed by atoms with Gasteiger partial charge in [0, 0.05) is 23.9 Å². The molecule has 0 unspecified atom stereocenters. The Kier molecular flexibility index (Phi) is 7.78. The summed E-state index contributed by atoms with van der Waals surface area (Å²) in [6.45, 7) is 3.93. The van der Waals surface area contributed by atoms with Gasteiger partial charge in [-0.3, -0.25) is 0 Å². The quantitative estimate of drug-likeness (QED) is 0.712. The molecular formula is C16H23ClN2O3S. The second kappa shape index (κ2) is 9.08. The fraction of sp³-hybridized carbons (Fsp3) is 0.375. The van der Waals surface area contributed by atoms with Gasteiger partial charge in [-0.05, 0) is 25.1 Å². The van der Waals surface area contributed by atoms with Crippen LogP contribution in [0.1, 0.15) is 13.3 Å². The SMILES string of the molecule is CCCNCCNS(=O)(=O)c1ccc(OC)c2ccccc12.Cl. The minimum absolute atomic E-state index is 0. The van der Waals surface area contributed by atoms with Gasteiger partial charge in [-0.2, -0.15) is 0 Å². The van der Waals surface area contributed by atoms with Gasteiger partial charge in [0.15, 0.2) is 0 Å². The van der Waals surface area contributed by atoms with E-state index < -0.39 is 10.0 Å². The van der Waals surface area contributed by atoms with E-state index in [-0.39, 0.29) is 17.3 Å². The minimum Gasteiger partial charge on any atom is -0.496 e. The van der Waals surface area contributed by atoms with E-state index in [2.05, 4.69) is 17.0 Å². The number of benzene rings is 2. The highest BCUT2D eigenvalue weighted by molar-refractivity contribution is 7.89. The predicted octanol–water partition coefficient (Wildman–Crippen LogP) is 2.55. The van der Waals surface area contributed by atoms with Gasteiger partial charge in [-0.15, -0.1) is 12.4 Å². The van der Waals surface area contributed by atoms with Crippen molar-refractivity contribution in [3.05, 3.63) is 36.4 Å². The van der Waals surface area contributed by atoms with Gasteiger partial charge < -0.3 is 10.1 Å². The average molecular weight is 359 g/mol. The molecule has 0 saturated carbocycles. The summed E-state index contributed by atoms with van der Waals surface area (Å²) in [5.74, 6) is 0.666. The number of sulfonamides is 1. The Balaban J connectivity index is 0.00000264. The maximum atomic E-state index is 12.5. The maximum absolute atomic E-state index is 12.5. The van der Waals surface area contributed by atoms with Gasteiger partial charge in [0.2, 0.25) is 10.0 Å². The number of nitrogens with one attached hydrogen (secondary N) is 2. The van der Waals surface area contributed by atoms with Crippen molar-refractivity contribution in [2.24, 2.45) is 0 Å². The van der Waals surface area contributed by atoms with E-state index in [1.165, 1.54) is 0 Å². The number of hydrogen-bond donors (Lipinski definition) is 2. The lowest BCUT2D eigenvalue weighted by Gasteiger charge is -2.12. The summed E-state index contributed by atoms with van der Waals surface area (Å²) in [4.78, 5) is 0.277. The molecular weight excluding hydrogens is 336 g/mol. The number of fused-ring (bicyclic) bond motifs is 1. The molecule has 2 rings (SSSR count). The summed E-state index contributed by atoms with van der Waals surface area (Å²) >= 11 is 0. The second-order valence-electron chi connectivity index (χ2n) is 4.96. The largest absolute Gasteiger partial charge is 0.496 e. The van der Waals surface area contributed by atoms with Crippen LogP contribution in [-0.2, 0) is 10.0 Å². The lowest BCUT2D eigenvalue weighted by atomic mass is 10.1. The molecule has 0 aliphatic carbocycles. The third-order valence-electron chi connectivity index (χ3n) is 3.37. The van der Waals surface area contributed by atoms with Crippen molar-refractivity contribution in [3.8, 4) is 5.75 Å². The molecule has 0 spiro atoms. The molecule has 5 nitrogen and oxygen atoms in total. The Labute approximate surface area is 143 Å². The van der Waals surface area contributed by atoms with Crippen LogP contribution < -0.4 is 14.8 Å². The molecule has 0 radical (unpaired) electrons. The second-order valence-corrected chi connectivity index (χ2v) is 6.69. The van der Waals surface area contributed by atoms with Crippen LogP contribution >= 0.6 is 12.4 Å². The molecule has 0 bridgehead atoms. The topological polar surface area (TPSA) is 67.4 Å². The minimum atomic E-state index is -3.54. The van der Waals surface area contributed by atoms with Crippen molar-refractivity contribution in [1.82, 2.24) is 10.0 Å². The van der Waals surface area contributed by atoms with Gasteiger partial charge in [0.1, 0.15) is 5.75 Å². The molecule has 0 aliphatic heterocycles. The number of halogens is 1. The molecule has 0 fully saturated rings. The van der Waals surface area contributed by atoms with Crippen LogP contribution in [0.15, 0.2) is 41.3 Å². The highest BCUT2D eigenvalue weighted by Gasteiger charge is 2.18. The molecule has 0 heterocycles. The lowest BCUT2D eigenvalue weighted by molar-refractivity contribution is 0.419. The summed E-state index contributed by atoms with van der Waals surface area (Å²) in [7, 11) is -1.97. The Morgan fingerprint density at radius 3 is 2.35 bits per heavy atom. The van der Waals surface area contributed by atoms with E-state index >= 15 is 0 Å². The summed E-state index contributed by atoms with van der Waals surface area (Å²) < 4.78 is 32.9. The number of hydrogen-bond acceptors (Lipinski definition) is 4. The Hall–Kier alpha value is -1.34. The van der Waals surface area contributed by atoms with Crippen LogP contribution in [0.2, 0.25) is 0 Å². The van der Waals surface area contributed by atoms with Crippen LogP contribution in [0, 0.1) is 0 Å². The average Bonchev–Trinajstić information content (AvgIpc) is 2.53. The van der Waals surface area contributed by atoms with Crippen LogP contribution in [0.5, 0.6) is 5.75 Å². The van der Waals surface area contributed by atoms with Crippen LogP contribution in [-0.4, -0.2) is 35.2 Å². The molecule has 2 aromatic rings. The van der Waals surface area contributed by atoms with Gasteiger partial charge >= 0.3 is 0 Å². The van der Waals surface area contributed by atoms with E-state index in [0.717, 1.165) is 18.4 Å². The highest BCUT2D eigenvalue weighted by atomic mass is 35.5. The molecule has 2 N–H and O–H groups in total. The van der Waals surface area contributed by atoms with Gasteiger partial charge in [0.05, 0.1) is 12.0 Å². The number of rotatable bonds is 8. The summed E-state index contributed by atoms with van der Waals surface area (Å²) in [6.07, 6.45) is 1.02. The van der Waals surface area contributed by atoms with Crippen LogP contribution in [0.25, 0.3) is 10.8 Å². The Bertz CT molecular complexity index is 735. The third kappa shape index (κ3) is 4.81. The number of methoxy groups -OCH3 is 1. The maximum Gasteiger partial charge on any atom is 0.241 e. The summed E-state index contributed by atoms with van der Waals surface area (Å²) in [5.41, 5.74) is 0. The zero-order valence-electron chi connectivity index (χ0n) is 13.3.